The van der Waals surface area contributed by atoms with E-state index < -0.39 is 12.1 Å². The number of aromatic nitrogens is 1. The van der Waals surface area contributed by atoms with E-state index >= 15 is 0 Å². The maximum Gasteiger partial charge on any atom is 0.358 e. The van der Waals surface area contributed by atoms with Crippen LogP contribution in [-0.4, -0.2) is 30.8 Å². The fraction of sp³-hybridized carbons (Fsp3) is 0.263. The van der Waals surface area contributed by atoms with E-state index in [0.29, 0.717) is 6.61 Å². The van der Waals surface area contributed by atoms with Gasteiger partial charge in [-0.1, -0.05) is 24.1 Å². The highest BCUT2D eigenvalue weighted by atomic mass is 16.6. The van der Waals surface area contributed by atoms with E-state index in [2.05, 4.69) is 16.8 Å². The van der Waals surface area contributed by atoms with Crippen LogP contribution in [0.5, 0.6) is 5.75 Å². The first-order chi connectivity index (χ1) is 11.7. The van der Waals surface area contributed by atoms with Gasteiger partial charge in [0.1, 0.15) is 11.4 Å². The molecule has 2 aromatic rings. The van der Waals surface area contributed by atoms with Crippen LogP contribution in [-0.2, 0) is 16.1 Å². The molecule has 0 aliphatic heterocycles. The van der Waals surface area contributed by atoms with Gasteiger partial charge >= 0.3 is 5.97 Å². The Balaban J connectivity index is 1.86. The van der Waals surface area contributed by atoms with Crippen molar-refractivity contribution in [1.29, 1.82) is 0 Å². The molecule has 1 heterocycles. The molecular weight excluding hydrogens is 306 g/mol. The van der Waals surface area contributed by atoms with Crippen molar-refractivity contribution in [2.24, 2.45) is 0 Å². The molecule has 0 bridgehead atoms. The van der Waals surface area contributed by atoms with Crippen molar-refractivity contribution >= 4 is 5.97 Å². The summed E-state index contributed by atoms with van der Waals surface area (Å²) in [6.45, 7) is 2.27. The van der Waals surface area contributed by atoms with Gasteiger partial charge < -0.3 is 14.2 Å². The fourth-order valence-corrected chi connectivity index (χ4v) is 1.94. The number of hydrogen-bond acceptors (Lipinski definition) is 5. The van der Waals surface area contributed by atoms with E-state index in [4.69, 9.17) is 14.2 Å². The molecule has 2 rings (SSSR count). The van der Waals surface area contributed by atoms with Crippen molar-refractivity contribution in [2.45, 2.75) is 19.6 Å². The van der Waals surface area contributed by atoms with Gasteiger partial charge in [0.25, 0.3) is 0 Å². The van der Waals surface area contributed by atoms with Gasteiger partial charge in [-0.05, 0) is 36.8 Å². The average molecular weight is 325 g/mol. The Bertz CT molecular complexity index is 702. The van der Waals surface area contributed by atoms with Crippen LogP contribution in [0.25, 0.3) is 0 Å². The maximum absolute atomic E-state index is 12.0. The quantitative estimate of drug-likeness (QED) is 0.579. The molecule has 0 N–H and O–H groups in total. The Kier molecular flexibility index (Phi) is 6.81. The van der Waals surface area contributed by atoms with E-state index in [9.17, 15) is 4.79 Å². The van der Waals surface area contributed by atoms with Crippen molar-refractivity contribution in [3.05, 3.63) is 59.9 Å². The first kappa shape index (κ1) is 17.5. The smallest absolute Gasteiger partial charge is 0.358 e. The molecule has 0 aliphatic carbocycles. The van der Waals surface area contributed by atoms with Gasteiger partial charge in [0, 0.05) is 6.20 Å². The number of nitrogens with zero attached hydrogens (tertiary/aromatic N) is 1. The third-order valence-electron chi connectivity index (χ3n) is 3.13. The number of benzene rings is 1. The second-order valence-corrected chi connectivity index (χ2v) is 4.87. The highest BCUT2D eigenvalue weighted by Crippen LogP contribution is 2.12. The molecule has 1 unspecified atom stereocenters. The summed E-state index contributed by atoms with van der Waals surface area (Å²) < 4.78 is 16.0. The van der Waals surface area contributed by atoms with Gasteiger partial charge in [-0.25, -0.2) is 9.78 Å². The van der Waals surface area contributed by atoms with Crippen LogP contribution in [0, 0.1) is 11.8 Å². The monoisotopic (exact) mass is 325 g/mol. The molecule has 0 saturated carbocycles. The maximum atomic E-state index is 12.0. The lowest BCUT2D eigenvalue weighted by atomic mass is 10.2. The van der Waals surface area contributed by atoms with Crippen molar-refractivity contribution in [2.75, 3.05) is 13.7 Å². The summed E-state index contributed by atoms with van der Waals surface area (Å²) in [6.07, 6.45) is 0.903. The van der Waals surface area contributed by atoms with Crippen molar-refractivity contribution < 1.29 is 19.0 Å². The number of esters is 1. The number of ether oxygens (including phenoxy) is 3. The highest BCUT2D eigenvalue weighted by Gasteiger charge is 2.15. The largest absolute Gasteiger partial charge is 0.497 e. The first-order valence-electron chi connectivity index (χ1n) is 7.48. The minimum Gasteiger partial charge on any atom is -0.497 e. The summed E-state index contributed by atoms with van der Waals surface area (Å²) in [5.74, 6) is 5.84. The lowest BCUT2D eigenvalue weighted by Gasteiger charge is -2.13. The molecule has 0 amide bonds. The van der Waals surface area contributed by atoms with Gasteiger partial charge in [0.15, 0.2) is 6.10 Å². The number of pyridine rings is 1. The molecular formula is C19H19NO4. The highest BCUT2D eigenvalue weighted by molar-refractivity contribution is 5.87. The zero-order valence-corrected chi connectivity index (χ0v) is 13.7. The third kappa shape index (κ3) is 5.41. The lowest BCUT2D eigenvalue weighted by Crippen LogP contribution is -2.22. The number of carbonyl (C=O) groups excluding carboxylic acids is 1. The Morgan fingerprint density at radius 2 is 2.00 bits per heavy atom. The Hall–Kier alpha value is -2.84. The minimum absolute atomic E-state index is 0.186. The molecule has 0 fully saturated rings. The molecule has 0 radical (unpaired) electrons. The van der Waals surface area contributed by atoms with E-state index in [-0.39, 0.29) is 12.3 Å². The molecule has 0 saturated heterocycles. The summed E-state index contributed by atoms with van der Waals surface area (Å²) in [5.41, 5.74) is 1.24. The zero-order chi connectivity index (χ0) is 17.2. The van der Waals surface area contributed by atoms with Crippen molar-refractivity contribution in [3.63, 3.8) is 0 Å². The minimum atomic E-state index is -0.636. The molecule has 1 aromatic carbocycles. The van der Waals surface area contributed by atoms with Crippen LogP contribution >= 0.6 is 0 Å². The Morgan fingerprint density at radius 3 is 2.62 bits per heavy atom. The summed E-state index contributed by atoms with van der Waals surface area (Å²) in [4.78, 5) is 16.0. The van der Waals surface area contributed by atoms with Crippen LogP contribution in [0.3, 0.4) is 0 Å². The van der Waals surface area contributed by atoms with Crippen LogP contribution in [0.2, 0.25) is 0 Å². The number of methoxy groups -OCH3 is 1. The van der Waals surface area contributed by atoms with Crippen molar-refractivity contribution in [3.8, 4) is 17.6 Å². The van der Waals surface area contributed by atoms with Gasteiger partial charge in [-0.15, -0.1) is 5.92 Å². The standard InChI is InChI=1S/C19H19NO4/c1-3-6-17(24-19(21)18-7-4-5-12-20-18)14-23-13-15-8-10-16(22-2)11-9-15/h4-5,7-12,17H,13-14H2,1-2H3. The fourth-order valence-electron chi connectivity index (χ4n) is 1.94. The van der Waals surface area contributed by atoms with Gasteiger partial charge in [0.05, 0.1) is 20.3 Å². The van der Waals surface area contributed by atoms with Crippen LogP contribution < -0.4 is 4.74 Å². The molecule has 0 spiro atoms. The van der Waals surface area contributed by atoms with Crippen LogP contribution in [0.15, 0.2) is 48.7 Å². The van der Waals surface area contributed by atoms with Crippen molar-refractivity contribution in [1.82, 2.24) is 4.98 Å². The predicted molar refractivity (Wildman–Crippen MR) is 89.5 cm³/mol. The van der Waals surface area contributed by atoms with E-state index in [1.807, 2.05) is 24.3 Å². The summed E-state index contributed by atoms with van der Waals surface area (Å²) in [7, 11) is 1.62. The van der Waals surface area contributed by atoms with Gasteiger partial charge in [-0.3, -0.25) is 0 Å². The Labute approximate surface area is 141 Å². The summed E-state index contributed by atoms with van der Waals surface area (Å²) in [6, 6.07) is 12.6. The van der Waals surface area contributed by atoms with Crippen LogP contribution in [0.1, 0.15) is 23.0 Å². The second kappa shape index (κ2) is 9.33. The average Bonchev–Trinajstić information content (AvgIpc) is 2.63. The van der Waals surface area contributed by atoms with Crippen LogP contribution in [0.4, 0.5) is 0 Å². The Morgan fingerprint density at radius 1 is 1.21 bits per heavy atom. The van der Waals surface area contributed by atoms with E-state index in [1.54, 1.807) is 32.2 Å². The third-order valence-corrected chi connectivity index (χ3v) is 3.13. The number of rotatable bonds is 7. The molecule has 1 atom stereocenters. The zero-order valence-electron chi connectivity index (χ0n) is 13.7. The topological polar surface area (TPSA) is 57.7 Å². The van der Waals surface area contributed by atoms with Gasteiger partial charge in [-0.2, -0.15) is 0 Å². The van der Waals surface area contributed by atoms with E-state index in [1.165, 1.54) is 6.20 Å². The predicted octanol–water partition coefficient (Wildman–Crippen LogP) is 2.86. The SMILES string of the molecule is CC#CC(COCc1ccc(OC)cc1)OC(=O)c1ccccn1. The second-order valence-electron chi connectivity index (χ2n) is 4.87. The van der Waals surface area contributed by atoms with Gasteiger partial charge in [0.2, 0.25) is 0 Å². The summed E-state index contributed by atoms with van der Waals surface area (Å²) >= 11 is 0. The number of hydrogen-bond donors (Lipinski definition) is 0. The molecule has 1 aromatic heterocycles. The molecule has 124 valence electrons. The normalized spacial score (nSPS) is 11.1. The van der Waals surface area contributed by atoms with E-state index in [0.717, 1.165) is 11.3 Å². The molecule has 24 heavy (non-hydrogen) atoms. The molecule has 0 aliphatic rings. The first-order valence-corrected chi connectivity index (χ1v) is 7.48. The number of carbonyl (C=O) groups is 1. The molecule has 5 heteroatoms. The lowest BCUT2D eigenvalue weighted by molar-refractivity contribution is 0.00967. The summed E-state index contributed by atoms with van der Waals surface area (Å²) in [5, 5.41) is 0. The molecule has 5 nitrogen and oxygen atoms in total.